The van der Waals surface area contributed by atoms with Crippen LogP contribution in [0.15, 0.2) is 42.5 Å². The van der Waals surface area contributed by atoms with E-state index < -0.39 is 5.60 Å². The molecule has 27 heavy (non-hydrogen) atoms. The Labute approximate surface area is 163 Å². The number of benzene rings is 2. The van der Waals surface area contributed by atoms with E-state index in [9.17, 15) is 5.11 Å². The summed E-state index contributed by atoms with van der Waals surface area (Å²) in [4.78, 5) is 0. The van der Waals surface area contributed by atoms with Gasteiger partial charge in [0, 0.05) is 0 Å². The topological polar surface area (TPSA) is 29.5 Å². The van der Waals surface area contributed by atoms with Gasteiger partial charge < -0.3 is 9.84 Å². The molecular formula is C25H32O2. The molecule has 2 aromatic carbocycles. The second-order valence-corrected chi connectivity index (χ2v) is 8.80. The van der Waals surface area contributed by atoms with Crippen LogP contribution in [-0.4, -0.2) is 5.11 Å². The first kappa shape index (κ1) is 18.6. The van der Waals surface area contributed by atoms with Crippen molar-refractivity contribution in [2.75, 3.05) is 0 Å². The van der Waals surface area contributed by atoms with Crippen LogP contribution in [0.3, 0.4) is 0 Å². The van der Waals surface area contributed by atoms with Crippen LogP contribution in [0.4, 0.5) is 0 Å². The highest BCUT2D eigenvalue weighted by atomic mass is 16.5. The normalized spacial score (nSPS) is 21.1. The fourth-order valence-electron chi connectivity index (χ4n) is 5.05. The van der Waals surface area contributed by atoms with Crippen LogP contribution in [0, 0.1) is 13.8 Å². The first-order valence-corrected chi connectivity index (χ1v) is 10.6. The molecule has 0 spiro atoms. The molecular weight excluding hydrogens is 332 g/mol. The van der Waals surface area contributed by atoms with Gasteiger partial charge in [0.15, 0.2) is 0 Å². The van der Waals surface area contributed by atoms with Gasteiger partial charge in [0.25, 0.3) is 0 Å². The summed E-state index contributed by atoms with van der Waals surface area (Å²) in [6.45, 7) is 4.26. The second-order valence-electron chi connectivity index (χ2n) is 8.80. The van der Waals surface area contributed by atoms with E-state index in [4.69, 9.17) is 4.74 Å². The highest BCUT2D eigenvalue weighted by Gasteiger charge is 2.37. The van der Waals surface area contributed by atoms with Crippen molar-refractivity contribution in [1.82, 2.24) is 0 Å². The number of hydrogen-bond donors (Lipinski definition) is 1. The standard InChI is InChI=1S/C25H32O2/c1-19-9-8-10-21(15-19)25(13-4-3-5-14-25)27-23-17-20(2)16-22(18-23)24(26)11-6-7-12-24/h8-10,15-18,26H,3-7,11-14H2,1-2H3. The number of rotatable bonds is 4. The molecule has 0 aliphatic heterocycles. The number of aryl methyl sites for hydroxylation is 2. The summed E-state index contributed by atoms with van der Waals surface area (Å²) in [6, 6.07) is 15.2. The monoisotopic (exact) mass is 364 g/mol. The zero-order valence-electron chi connectivity index (χ0n) is 16.8. The van der Waals surface area contributed by atoms with Crippen molar-refractivity contribution in [3.05, 3.63) is 64.7 Å². The molecule has 0 heterocycles. The van der Waals surface area contributed by atoms with Gasteiger partial charge in [-0.15, -0.1) is 0 Å². The Morgan fingerprint density at radius 1 is 0.741 bits per heavy atom. The van der Waals surface area contributed by atoms with Crippen LogP contribution in [0.5, 0.6) is 5.75 Å². The van der Waals surface area contributed by atoms with Crippen molar-refractivity contribution in [3.63, 3.8) is 0 Å². The number of hydrogen-bond acceptors (Lipinski definition) is 2. The molecule has 0 amide bonds. The van der Waals surface area contributed by atoms with E-state index in [1.807, 2.05) is 0 Å². The van der Waals surface area contributed by atoms with Crippen molar-refractivity contribution < 1.29 is 9.84 Å². The lowest BCUT2D eigenvalue weighted by molar-refractivity contribution is 0.0236. The SMILES string of the molecule is Cc1cc(OC2(c3cccc(C)c3)CCCCC2)cc(C2(O)CCCC2)c1. The number of aliphatic hydroxyl groups is 1. The largest absolute Gasteiger partial charge is 0.483 e. The Morgan fingerprint density at radius 3 is 2.11 bits per heavy atom. The summed E-state index contributed by atoms with van der Waals surface area (Å²) in [5.41, 5.74) is 3.86. The van der Waals surface area contributed by atoms with E-state index in [-0.39, 0.29) is 5.60 Å². The van der Waals surface area contributed by atoms with Gasteiger partial charge in [0.05, 0.1) is 5.60 Å². The Bertz CT molecular complexity index is 796. The Balaban J connectivity index is 1.70. The van der Waals surface area contributed by atoms with Crippen molar-refractivity contribution in [3.8, 4) is 5.75 Å². The molecule has 2 nitrogen and oxygen atoms in total. The molecule has 4 rings (SSSR count). The molecule has 0 bridgehead atoms. The van der Waals surface area contributed by atoms with E-state index in [0.29, 0.717) is 0 Å². The zero-order chi connectivity index (χ0) is 18.9. The van der Waals surface area contributed by atoms with E-state index in [2.05, 4.69) is 56.3 Å². The quantitative estimate of drug-likeness (QED) is 0.689. The highest BCUT2D eigenvalue weighted by Crippen LogP contribution is 2.44. The van der Waals surface area contributed by atoms with Gasteiger partial charge in [-0.1, -0.05) is 55.2 Å². The summed E-state index contributed by atoms with van der Waals surface area (Å²) in [5.74, 6) is 0.911. The molecule has 2 saturated carbocycles. The zero-order valence-corrected chi connectivity index (χ0v) is 16.8. The van der Waals surface area contributed by atoms with Crippen LogP contribution in [-0.2, 0) is 11.2 Å². The van der Waals surface area contributed by atoms with Gasteiger partial charge in [-0.2, -0.15) is 0 Å². The summed E-state index contributed by atoms with van der Waals surface area (Å²) < 4.78 is 6.80. The molecule has 0 aromatic heterocycles. The molecule has 0 unspecified atom stereocenters. The van der Waals surface area contributed by atoms with Gasteiger partial charge in [-0.25, -0.2) is 0 Å². The maximum absolute atomic E-state index is 11.1. The molecule has 2 aliphatic carbocycles. The van der Waals surface area contributed by atoms with Crippen molar-refractivity contribution in [2.45, 2.75) is 82.8 Å². The van der Waals surface area contributed by atoms with Crippen LogP contribution in [0.25, 0.3) is 0 Å². The minimum Gasteiger partial charge on any atom is -0.483 e. The Morgan fingerprint density at radius 2 is 1.41 bits per heavy atom. The third-order valence-electron chi connectivity index (χ3n) is 6.54. The van der Waals surface area contributed by atoms with Crippen LogP contribution < -0.4 is 4.74 Å². The second kappa shape index (κ2) is 7.31. The molecule has 2 fully saturated rings. The lowest BCUT2D eigenvalue weighted by Crippen LogP contribution is -2.35. The van der Waals surface area contributed by atoms with E-state index >= 15 is 0 Å². The lowest BCUT2D eigenvalue weighted by Gasteiger charge is -2.39. The van der Waals surface area contributed by atoms with E-state index in [0.717, 1.165) is 55.4 Å². The minimum atomic E-state index is -0.673. The average molecular weight is 365 g/mol. The first-order valence-electron chi connectivity index (χ1n) is 10.6. The predicted molar refractivity (Wildman–Crippen MR) is 110 cm³/mol. The smallest absolute Gasteiger partial charge is 0.134 e. The highest BCUT2D eigenvalue weighted by molar-refractivity contribution is 5.39. The molecule has 0 radical (unpaired) electrons. The summed E-state index contributed by atoms with van der Waals surface area (Å²) in [5, 5.41) is 11.1. The molecule has 2 aliphatic rings. The maximum atomic E-state index is 11.1. The van der Waals surface area contributed by atoms with Gasteiger partial charge >= 0.3 is 0 Å². The van der Waals surface area contributed by atoms with E-state index in [1.54, 1.807) is 0 Å². The Hall–Kier alpha value is -1.80. The average Bonchev–Trinajstić information content (AvgIpc) is 3.10. The van der Waals surface area contributed by atoms with Gasteiger partial charge in [0.1, 0.15) is 11.4 Å². The molecule has 0 saturated heterocycles. The van der Waals surface area contributed by atoms with E-state index in [1.165, 1.54) is 30.4 Å². The van der Waals surface area contributed by atoms with Gasteiger partial charge in [-0.05, 0) is 81.2 Å². The molecule has 2 aromatic rings. The Kier molecular flexibility index (Phi) is 5.03. The summed E-state index contributed by atoms with van der Waals surface area (Å²) in [6.07, 6.45) is 9.75. The lowest BCUT2D eigenvalue weighted by atomic mass is 9.79. The third-order valence-corrected chi connectivity index (χ3v) is 6.54. The van der Waals surface area contributed by atoms with Gasteiger partial charge in [0.2, 0.25) is 0 Å². The maximum Gasteiger partial charge on any atom is 0.134 e. The molecule has 1 N–H and O–H groups in total. The van der Waals surface area contributed by atoms with Gasteiger partial charge in [-0.3, -0.25) is 0 Å². The van der Waals surface area contributed by atoms with Crippen LogP contribution in [0.2, 0.25) is 0 Å². The minimum absolute atomic E-state index is 0.242. The van der Waals surface area contributed by atoms with Crippen molar-refractivity contribution >= 4 is 0 Å². The summed E-state index contributed by atoms with van der Waals surface area (Å²) >= 11 is 0. The van der Waals surface area contributed by atoms with Crippen molar-refractivity contribution in [2.24, 2.45) is 0 Å². The van der Waals surface area contributed by atoms with Crippen LogP contribution >= 0.6 is 0 Å². The molecule has 144 valence electrons. The summed E-state index contributed by atoms with van der Waals surface area (Å²) in [7, 11) is 0. The van der Waals surface area contributed by atoms with Crippen LogP contribution in [0.1, 0.15) is 80.0 Å². The first-order chi connectivity index (χ1) is 13.0. The molecule has 2 heteroatoms. The third kappa shape index (κ3) is 3.78. The predicted octanol–water partition coefficient (Wildman–Crippen LogP) is 6.30. The fourth-order valence-corrected chi connectivity index (χ4v) is 5.05. The number of ether oxygens (including phenoxy) is 1. The molecule has 0 atom stereocenters. The van der Waals surface area contributed by atoms with Crippen molar-refractivity contribution in [1.29, 1.82) is 0 Å². The fraction of sp³-hybridized carbons (Fsp3) is 0.520.